The van der Waals surface area contributed by atoms with Crippen molar-refractivity contribution >= 4 is 43.3 Å². The van der Waals surface area contributed by atoms with Gasteiger partial charge in [0.15, 0.2) is 0 Å². The molecular weight excluding hydrogens is 331 g/mol. The Balaban J connectivity index is 1.92. The third-order valence-electron chi connectivity index (χ3n) is 3.07. The van der Waals surface area contributed by atoms with Crippen molar-refractivity contribution in [1.29, 1.82) is 0 Å². The number of carbonyl (C=O) groups is 1. The normalized spacial score (nSPS) is 10.5. The van der Waals surface area contributed by atoms with Crippen LogP contribution < -0.4 is 10.6 Å². The molecule has 106 valence electrons. The fraction of sp³-hybridized carbons (Fsp3) is 0.133. The number of amides is 1. The molecule has 0 fully saturated rings. The van der Waals surface area contributed by atoms with Crippen molar-refractivity contribution in [2.24, 2.45) is 0 Å². The van der Waals surface area contributed by atoms with Gasteiger partial charge in [-0.25, -0.2) is 0 Å². The van der Waals surface area contributed by atoms with E-state index < -0.39 is 0 Å². The van der Waals surface area contributed by atoms with E-state index in [9.17, 15) is 4.79 Å². The molecule has 0 saturated heterocycles. The Morgan fingerprint density at radius 3 is 2.76 bits per heavy atom. The van der Waals surface area contributed by atoms with Crippen molar-refractivity contribution < 1.29 is 4.79 Å². The molecule has 21 heavy (non-hydrogen) atoms. The molecule has 6 heteroatoms. The van der Waals surface area contributed by atoms with Crippen LogP contribution in [0.2, 0.25) is 0 Å². The van der Waals surface area contributed by atoms with Crippen molar-refractivity contribution in [2.75, 3.05) is 17.2 Å². The van der Waals surface area contributed by atoms with Crippen LogP contribution in [0.3, 0.4) is 0 Å². The van der Waals surface area contributed by atoms with E-state index in [0.29, 0.717) is 11.3 Å². The van der Waals surface area contributed by atoms with E-state index in [-0.39, 0.29) is 20.9 Å². The van der Waals surface area contributed by atoms with Crippen LogP contribution in [-0.4, -0.2) is 35.4 Å². The van der Waals surface area contributed by atoms with E-state index in [2.05, 4.69) is 18.6 Å². The zero-order chi connectivity index (χ0) is 14.7. The molecule has 0 saturated carbocycles. The Morgan fingerprint density at radius 2 is 1.90 bits per heavy atom. The molecular formula is C15H14N4OSe. The van der Waals surface area contributed by atoms with Gasteiger partial charge in [-0.15, -0.1) is 0 Å². The number of fused-ring (bicyclic) bond motifs is 1. The van der Waals surface area contributed by atoms with Crippen LogP contribution in [0.5, 0.6) is 0 Å². The first-order valence-corrected chi connectivity index (χ1v) is 8.18. The van der Waals surface area contributed by atoms with E-state index in [1.165, 1.54) is 0 Å². The van der Waals surface area contributed by atoms with Gasteiger partial charge in [0.1, 0.15) is 0 Å². The maximum absolute atomic E-state index is 12.5. The number of para-hydroxylation sites is 1. The molecule has 2 N–H and O–H groups in total. The van der Waals surface area contributed by atoms with Gasteiger partial charge >= 0.3 is 128 Å². The van der Waals surface area contributed by atoms with Crippen LogP contribution in [-0.2, 0) is 0 Å². The van der Waals surface area contributed by atoms with Gasteiger partial charge in [0.2, 0.25) is 0 Å². The van der Waals surface area contributed by atoms with Crippen LogP contribution in [0.4, 0.5) is 11.4 Å². The van der Waals surface area contributed by atoms with Crippen LogP contribution in [0, 0.1) is 0 Å². The van der Waals surface area contributed by atoms with Crippen LogP contribution >= 0.6 is 0 Å². The van der Waals surface area contributed by atoms with Gasteiger partial charge in [-0.05, 0) is 0 Å². The van der Waals surface area contributed by atoms with Crippen molar-refractivity contribution in [1.82, 2.24) is 7.96 Å². The summed E-state index contributed by atoms with van der Waals surface area (Å²) >= 11 is -0.106. The summed E-state index contributed by atoms with van der Waals surface area (Å²) in [4.78, 5) is 12.5. The fourth-order valence-electron chi connectivity index (χ4n) is 2.12. The van der Waals surface area contributed by atoms with Gasteiger partial charge < -0.3 is 0 Å². The second-order valence-electron chi connectivity index (χ2n) is 4.47. The fourth-order valence-corrected chi connectivity index (χ4v) is 3.28. The van der Waals surface area contributed by atoms with Crippen LogP contribution in [0.25, 0.3) is 11.0 Å². The Bertz CT molecular complexity index is 784. The predicted octanol–water partition coefficient (Wildman–Crippen LogP) is 2.37. The predicted molar refractivity (Wildman–Crippen MR) is 85.0 cm³/mol. The molecule has 1 amide bonds. The van der Waals surface area contributed by atoms with Gasteiger partial charge in [-0.1, -0.05) is 0 Å². The number of carbonyl (C=O) groups excluding carboxylic acids is 1. The maximum atomic E-state index is 12.5. The first-order valence-electron chi connectivity index (χ1n) is 6.65. The number of anilines is 2. The number of aromatic nitrogens is 2. The molecule has 0 unspecified atom stereocenters. The molecule has 3 aromatic rings. The molecule has 0 aliphatic carbocycles. The molecule has 0 radical (unpaired) electrons. The summed E-state index contributed by atoms with van der Waals surface area (Å²) in [5, 5.41) is 6.13. The Kier molecular flexibility index (Phi) is 3.99. The zero-order valence-electron chi connectivity index (χ0n) is 11.5. The Hall–Kier alpha value is -2.17. The topological polar surface area (TPSA) is 66.9 Å². The molecule has 3 rings (SSSR count). The van der Waals surface area contributed by atoms with Crippen molar-refractivity contribution in [2.45, 2.75) is 6.92 Å². The molecule has 0 atom stereocenters. The number of nitrogens with one attached hydrogen (secondary N) is 2. The monoisotopic (exact) mass is 346 g/mol. The average Bonchev–Trinajstić information content (AvgIpc) is 2.98. The summed E-state index contributed by atoms with van der Waals surface area (Å²) in [5.41, 5.74) is 3.81. The molecule has 1 heterocycles. The number of rotatable bonds is 4. The summed E-state index contributed by atoms with van der Waals surface area (Å²) in [7, 11) is 0. The van der Waals surface area contributed by atoms with Crippen molar-refractivity contribution in [3.8, 4) is 0 Å². The number of nitrogens with zero attached hydrogens (tertiary/aromatic N) is 2. The van der Waals surface area contributed by atoms with Crippen LogP contribution in [0.1, 0.15) is 17.3 Å². The number of hydrogen-bond donors (Lipinski definition) is 2. The Labute approximate surface area is 128 Å². The SMILES string of the molecule is CCNc1ccccc1C(=O)Nc1cccc2n[se]nc12. The zero-order valence-corrected chi connectivity index (χ0v) is 13.2. The van der Waals surface area contributed by atoms with Gasteiger partial charge in [0.05, 0.1) is 0 Å². The molecule has 0 spiro atoms. The average molecular weight is 345 g/mol. The minimum absolute atomic E-state index is 0.106. The van der Waals surface area contributed by atoms with E-state index >= 15 is 0 Å². The number of benzene rings is 2. The van der Waals surface area contributed by atoms with Gasteiger partial charge in [0, 0.05) is 0 Å². The standard InChI is InChI=1S/C15H14N4OSe/c1-2-16-11-7-4-3-6-10(11)15(20)17-12-8-5-9-13-14(12)19-21-18-13/h3-9,16H,2H2,1H3,(H,17,20). The molecule has 5 nitrogen and oxygen atoms in total. The number of hydrogen-bond acceptors (Lipinski definition) is 4. The third kappa shape index (κ3) is 2.82. The minimum atomic E-state index is -0.144. The van der Waals surface area contributed by atoms with E-state index in [4.69, 9.17) is 0 Å². The molecule has 2 aromatic carbocycles. The molecule has 0 aliphatic rings. The molecule has 0 bridgehead atoms. The molecule has 0 aliphatic heterocycles. The van der Waals surface area contributed by atoms with Crippen LogP contribution in [0.15, 0.2) is 42.5 Å². The second kappa shape index (κ2) is 6.08. The van der Waals surface area contributed by atoms with Gasteiger partial charge in [0.25, 0.3) is 0 Å². The quantitative estimate of drug-likeness (QED) is 0.713. The second-order valence-corrected chi connectivity index (χ2v) is 5.58. The van der Waals surface area contributed by atoms with E-state index in [0.717, 1.165) is 23.3 Å². The first-order chi connectivity index (χ1) is 10.3. The van der Waals surface area contributed by atoms with Crippen molar-refractivity contribution in [3.63, 3.8) is 0 Å². The third-order valence-corrected chi connectivity index (χ3v) is 4.21. The van der Waals surface area contributed by atoms with Crippen molar-refractivity contribution in [3.05, 3.63) is 48.0 Å². The van der Waals surface area contributed by atoms with E-state index in [1.54, 1.807) is 0 Å². The van der Waals surface area contributed by atoms with E-state index in [1.807, 2.05) is 49.4 Å². The summed E-state index contributed by atoms with van der Waals surface area (Å²) in [5.74, 6) is -0.144. The first kappa shape index (κ1) is 13.8. The summed E-state index contributed by atoms with van der Waals surface area (Å²) in [6.07, 6.45) is 0. The van der Waals surface area contributed by atoms with Gasteiger partial charge in [-0.3, -0.25) is 0 Å². The Morgan fingerprint density at radius 1 is 1.10 bits per heavy atom. The molecule has 1 aromatic heterocycles. The van der Waals surface area contributed by atoms with Gasteiger partial charge in [-0.2, -0.15) is 0 Å². The summed E-state index contributed by atoms with van der Waals surface area (Å²) in [6.45, 7) is 2.77. The summed E-state index contributed by atoms with van der Waals surface area (Å²) < 4.78 is 8.69. The summed E-state index contributed by atoms with van der Waals surface area (Å²) in [6, 6.07) is 13.1.